The van der Waals surface area contributed by atoms with Gasteiger partial charge in [-0.25, -0.2) is 0 Å². The van der Waals surface area contributed by atoms with E-state index in [4.69, 9.17) is 5.73 Å². The minimum atomic E-state index is 0.474. The summed E-state index contributed by atoms with van der Waals surface area (Å²) in [7, 11) is 0. The standard InChI is InChI=1S/C13H18N4/c1-2-11(9-14)8-13-16-15-10-17(13)12-6-4-3-5-7-12/h3-7,10-11H,2,8-9,14H2,1H3. The SMILES string of the molecule is CCC(CN)Cc1nncn1-c1ccccc1. The molecule has 4 nitrogen and oxygen atoms in total. The Hall–Kier alpha value is -1.68. The number of para-hydroxylation sites is 1. The van der Waals surface area contributed by atoms with Crippen molar-refractivity contribution in [1.29, 1.82) is 0 Å². The van der Waals surface area contributed by atoms with Crippen molar-refractivity contribution in [2.75, 3.05) is 6.54 Å². The molecule has 2 N–H and O–H groups in total. The van der Waals surface area contributed by atoms with E-state index in [1.54, 1.807) is 6.33 Å². The predicted octanol–water partition coefficient (Wildman–Crippen LogP) is 1.79. The second kappa shape index (κ2) is 5.59. The first-order valence-electron chi connectivity index (χ1n) is 5.99. The quantitative estimate of drug-likeness (QED) is 0.852. The number of aromatic nitrogens is 3. The number of nitrogens with zero attached hydrogens (tertiary/aromatic N) is 3. The summed E-state index contributed by atoms with van der Waals surface area (Å²) in [4.78, 5) is 0. The van der Waals surface area contributed by atoms with Gasteiger partial charge in [0, 0.05) is 12.1 Å². The molecule has 0 aliphatic carbocycles. The van der Waals surface area contributed by atoms with Crippen molar-refractivity contribution in [1.82, 2.24) is 14.8 Å². The fraction of sp³-hybridized carbons (Fsp3) is 0.385. The van der Waals surface area contributed by atoms with Crippen LogP contribution in [0, 0.1) is 5.92 Å². The van der Waals surface area contributed by atoms with E-state index in [1.165, 1.54) is 0 Å². The fourth-order valence-electron chi connectivity index (χ4n) is 1.85. The highest BCUT2D eigenvalue weighted by atomic mass is 15.3. The summed E-state index contributed by atoms with van der Waals surface area (Å²) in [6, 6.07) is 10.1. The van der Waals surface area contributed by atoms with Crippen molar-refractivity contribution < 1.29 is 0 Å². The van der Waals surface area contributed by atoms with Gasteiger partial charge in [-0.3, -0.25) is 4.57 Å². The van der Waals surface area contributed by atoms with Crippen LogP contribution in [-0.2, 0) is 6.42 Å². The van der Waals surface area contributed by atoms with Crippen LogP contribution in [0.2, 0.25) is 0 Å². The molecule has 1 aromatic heterocycles. The van der Waals surface area contributed by atoms with Crippen LogP contribution in [0.5, 0.6) is 0 Å². The van der Waals surface area contributed by atoms with Crippen molar-refractivity contribution in [3.05, 3.63) is 42.5 Å². The van der Waals surface area contributed by atoms with Gasteiger partial charge in [0.05, 0.1) is 0 Å². The lowest BCUT2D eigenvalue weighted by Gasteiger charge is -2.12. The molecule has 0 aliphatic rings. The average molecular weight is 230 g/mol. The highest BCUT2D eigenvalue weighted by molar-refractivity contribution is 5.32. The zero-order valence-electron chi connectivity index (χ0n) is 10.1. The second-order valence-corrected chi connectivity index (χ2v) is 4.17. The Bertz CT molecular complexity index is 445. The molecule has 0 bridgehead atoms. The van der Waals surface area contributed by atoms with Crippen LogP contribution >= 0.6 is 0 Å². The summed E-state index contributed by atoms with van der Waals surface area (Å²) in [5.41, 5.74) is 6.83. The lowest BCUT2D eigenvalue weighted by molar-refractivity contribution is 0.501. The first kappa shape index (κ1) is 11.8. The third-order valence-corrected chi connectivity index (χ3v) is 3.03. The van der Waals surface area contributed by atoms with Gasteiger partial charge in [0.25, 0.3) is 0 Å². The number of hydrogen-bond acceptors (Lipinski definition) is 3. The number of rotatable bonds is 5. The average Bonchev–Trinajstić information content (AvgIpc) is 2.85. The second-order valence-electron chi connectivity index (χ2n) is 4.17. The van der Waals surface area contributed by atoms with Gasteiger partial charge >= 0.3 is 0 Å². The third-order valence-electron chi connectivity index (χ3n) is 3.03. The Morgan fingerprint density at radius 1 is 1.29 bits per heavy atom. The zero-order valence-corrected chi connectivity index (χ0v) is 10.1. The van der Waals surface area contributed by atoms with E-state index < -0.39 is 0 Å². The van der Waals surface area contributed by atoms with Crippen LogP contribution in [-0.4, -0.2) is 21.3 Å². The smallest absolute Gasteiger partial charge is 0.137 e. The molecular weight excluding hydrogens is 212 g/mol. The Labute approximate surface area is 101 Å². The minimum absolute atomic E-state index is 0.474. The lowest BCUT2D eigenvalue weighted by Crippen LogP contribution is -2.18. The topological polar surface area (TPSA) is 56.7 Å². The maximum atomic E-state index is 5.73. The normalized spacial score (nSPS) is 12.6. The van der Waals surface area contributed by atoms with E-state index in [9.17, 15) is 0 Å². The Morgan fingerprint density at radius 2 is 2.06 bits per heavy atom. The van der Waals surface area contributed by atoms with E-state index in [0.717, 1.165) is 24.4 Å². The van der Waals surface area contributed by atoms with Crippen molar-refractivity contribution in [2.45, 2.75) is 19.8 Å². The summed E-state index contributed by atoms with van der Waals surface area (Å²) in [6.45, 7) is 2.85. The van der Waals surface area contributed by atoms with Gasteiger partial charge in [0.2, 0.25) is 0 Å². The van der Waals surface area contributed by atoms with Gasteiger partial charge in [0.1, 0.15) is 12.2 Å². The van der Waals surface area contributed by atoms with Crippen molar-refractivity contribution in [2.24, 2.45) is 11.7 Å². The molecule has 2 rings (SSSR count). The molecule has 0 radical (unpaired) electrons. The predicted molar refractivity (Wildman–Crippen MR) is 67.9 cm³/mol. The number of nitrogens with two attached hydrogens (primary N) is 1. The minimum Gasteiger partial charge on any atom is -0.330 e. The van der Waals surface area contributed by atoms with E-state index in [1.807, 2.05) is 22.8 Å². The van der Waals surface area contributed by atoms with Gasteiger partial charge < -0.3 is 5.73 Å². The molecule has 0 spiro atoms. The first-order valence-corrected chi connectivity index (χ1v) is 5.99. The molecule has 1 aromatic carbocycles. The molecule has 0 saturated carbocycles. The number of hydrogen-bond donors (Lipinski definition) is 1. The first-order chi connectivity index (χ1) is 8.35. The van der Waals surface area contributed by atoms with E-state index in [-0.39, 0.29) is 0 Å². The molecule has 1 unspecified atom stereocenters. The van der Waals surface area contributed by atoms with Gasteiger partial charge in [-0.1, -0.05) is 31.5 Å². The summed E-state index contributed by atoms with van der Waals surface area (Å²) in [5.74, 6) is 1.45. The molecule has 0 amide bonds. The molecule has 0 saturated heterocycles. The molecule has 4 heteroatoms. The van der Waals surface area contributed by atoms with Crippen LogP contribution in [0.1, 0.15) is 19.2 Å². The highest BCUT2D eigenvalue weighted by Crippen LogP contribution is 2.13. The van der Waals surface area contributed by atoms with Gasteiger partial charge in [0.15, 0.2) is 0 Å². The third kappa shape index (κ3) is 2.71. The van der Waals surface area contributed by atoms with E-state index in [0.29, 0.717) is 12.5 Å². The molecule has 17 heavy (non-hydrogen) atoms. The van der Waals surface area contributed by atoms with Crippen LogP contribution in [0.15, 0.2) is 36.7 Å². The maximum absolute atomic E-state index is 5.73. The van der Waals surface area contributed by atoms with Crippen LogP contribution < -0.4 is 5.73 Å². The van der Waals surface area contributed by atoms with Gasteiger partial charge in [-0.15, -0.1) is 10.2 Å². The molecule has 90 valence electrons. The van der Waals surface area contributed by atoms with Gasteiger partial charge in [-0.05, 0) is 24.6 Å². The summed E-state index contributed by atoms with van der Waals surface area (Å²) in [6.07, 6.45) is 3.70. The number of benzene rings is 1. The van der Waals surface area contributed by atoms with Crippen molar-refractivity contribution in [3.8, 4) is 5.69 Å². The van der Waals surface area contributed by atoms with Crippen LogP contribution in [0.25, 0.3) is 5.69 Å². The lowest BCUT2D eigenvalue weighted by atomic mass is 10.0. The van der Waals surface area contributed by atoms with Crippen LogP contribution in [0.4, 0.5) is 0 Å². The van der Waals surface area contributed by atoms with Gasteiger partial charge in [-0.2, -0.15) is 0 Å². The van der Waals surface area contributed by atoms with Crippen molar-refractivity contribution >= 4 is 0 Å². The molecule has 0 fully saturated rings. The zero-order chi connectivity index (χ0) is 12.1. The molecule has 1 atom stereocenters. The van der Waals surface area contributed by atoms with E-state index >= 15 is 0 Å². The van der Waals surface area contributed by atoms with Crippen LogP contribution in [0.3, 0.4) is 0 Å². The Morgan fingerprint density at radius 3 is 2.71 bits per heavy atom. The Balaban J connectivity index is 2.23. The molecule has 0 aliphatic heterocycles. The largest absolute Gasteiger partial charge is 0.330 e. The molecular formula is C13H18N4. The monoisotopic (exact) mass is 230 g/mol. The van der Waals surface area contributed by atoms with E-state index in [2.05, 4.69) is 29.3 Å². The Kier molecular flexibility index (Phi) is 3.88. The summed E-state index contributed by atoms with van der Waals surface area (Å²) in [5, 5.41) is 8.18. The molecule has 1 heterocycles. The summed E-state index contributed by atoms with van der Waals surface area (Å²) >= 11 is 0. The summed E-state index contributed by atoms with van der Waals surface area (Å²) < 4.78 is 2.03. The molecule has 2 aromatic rings. The highest BCUT2D eigenvalue weighted by Gasteiger charge is 2.11. The fourth-order valence-corrected chi connectivity index (χ4v) is 1.85. The maximum Gasteiger partial charge on any atom is 0.137 e. The van der Waals surface area contributed by atoms with Crippen molar-refractivity contribution in [3.63, 3.8) is 0 Å².